The molecule has 0 atom stereocenters. The van der Waals surface area contributed by atoms with Gasteiger partial charge in [-0.3, -0.25) is 0 Å². The summed E-state index contributed by atoms with van der Waals surface area (Å²) < 4.78 is 13.0. The SMILES string of the molecule is C=C/C=C(\C(=C)F)c1ccccc1O. The summed E-state index contributed by atoms with van der Waals surface area (Å²) in [6.07, 6.45) is 2.92. The highest BCUT2D eigenvalue weighted by atomic mass is 19.1. The van der Waals surface area contributed by atoms with E-state index in [0.717, 1.165) is 0 Å². The molecule has 0 amide bonds. The van der Waals surface area contributed by atoms with Crippen LogP contribution in [0.3, 0.4) is 0 Å². The molecule has 0 fully saturated rings. The molecule has 1 N–H and O–H groups in total. The molecule has 0 spiro atoms. The molecule has 14 heavy (non-hydrogen) atoms. The number of rotatable bonds is 3. The number of allylic oxidation sites excluding steroid dienone is 4. The van der Waals surface area contributed by atoms with E-state index in [9.17, 15) is 9.50 Å². The quantitative estimate of drug-likeness (QED) is 0.724. The molecule has 0 unspecified atom stereocenters. The molecule has 0 aliphatic rings. The highest BCUT2D eigenvalue weighted by molar-refractivity contribution is 5.80. The van der Waals surface area contributed by atoms with E-state index in [1.807, 2.05) is 0 Å². The summed E-state index contributed by atoms with van der Waals surface area (Å²) in [6, 6.07) is 6.50. The van der Waals surface area contributed by atoms with E-state index < -0.39 is 5.83 Å². The fraction of sp³-hybridized carbons (Fsp3) is 0. The Hall–Kier alpha value is -1.83. The van der Waals surface area contributed by atoms with Crippen molar-refractivity contribution in [3.8, 4) is 5.75 Å². The lowest BCUT2D eigenvalue weighted by Crippen LogP contribution is -1.84. The zero-order chi connectivity index (χ0) is 10.6. The van der Waals surface area contributed by atoms with Gasteiger partial charge in [-0.1, -0.05) is 43.5 Å². The second kappa shape index (κ2) is 4.42. The lowest BCUT2D eigenvalue weighted by atomic mass is 10.0. The van der Waals surface area contributed by atoms with Crippen molar-refractivity contribution in [3.05, 3.63) is 61.0 Å². The highest BCUT2D eigenvalue weighted by Crippen LogP contribution is 2.29. The van der Waals surface area contributed by atoms with E-state index in [1.165, 1.54) is 18.2 Å². The molecule has 0 bridgehead atoms. The van der Waals surface area contributed by atoms with Crippen molar-refractivity contribution in [1.29, 1.82) is 0 Å². The number of hydrogen-bond donors (Lipinski definition) is 1. The molecule has 0 heterocycles. The maximum atomic E-state index is 13.0. The van der Waals surface area contributed by atoms with Gasteiger partial charge in [0, 0.05) is 11.1 Å². The van der Waals surface area contributed by atoms with Gasteiger partial charge >= 0.3 is 0 Å². The zero-order valence-electron chi connectivity index (χ0n) is 7.70. The molecule has 0 saturated heterocycles. The number of halogens is 1. The van der Waals surface area contributed by atoms with Crippen molar-refractivity contribution in [2.24, 2.45) is 0 Å². The van der Waals surface area contributed by atoms with Gasteiger partial charge in [0.1, 0.15) is 11.6 Å². The van der Waals surface area contributed by atoms with Crippen molar-refractivity contribution < 1.29 is 9.50 Å². The van der Waals surface area contributed by atoms with Gasteiger partial charge in [0.05, 0.1) is 0 Å². The van der Waals surface area contributed by atoms with Crippen LogP contribution in [0.2, 0.25) is 0 Å². The number of phenolic OH excluding ortho intramolecular Hbond substituents is 1. The maximum absolute atomic E-state index is 13.0. The average molecular weight is 190 g/mol. The molecular weight excluding hydrogens is 179 g/mol. The lowest BCUT2D eigenvalue weighted by molar-refractivity contribution is 0.473. The topological polar surface area (TPSA) is 20.2 Å². The smallest absolute Gasteiger partial charge is 0.124 e. The zero-order valence-corrected chi connectivity index (χ0v) is 7.70. The van der Waals surface area contributed by atoms with Crippen LogP contribution in [0.25, 0.3) is 5.57 Å². The van der Waals surface area contributed by atoms with Crippen LogP contribution in [-0.2, 0) is 0 Å². The third-order valence-electron chi connectivity index (χ3n) is 1.77. The van der Waals surface area contributed by atoms with Crippen molar-refractivity contribution in [2.45, 2.75) is 0 Å². The predicted molar refractivity (Wildman–Crippen MR) is 56.5 cm³/mol. The second-order valence-corrected chi connectivity index (χ2v) is 2.74. The summed E-state index contributed by atoms with van der Waals surface area (Å²) in [5, 5.41) is 9.47. The number of benzene rings is 1. The standard InChI is InChI=1S/C12H11FO/c1-3-6-10(9(2)13)11-7-4-5-8-12(11)14/h3-8,14H,1-2H2/b10-6+. The van der Waals surface area contributed by atoms with E-state index in [-0.39, 0.29) is 11.3 Å². The summed E-state index contributed by atoms with van der Waals surface area (Å²) in [5.41, 5.74) is 0.665. The van der Waals surface area contributed by atoms with Crippen LogP contribution in [0.1, 0.15) is 5.56 Å². The van der Waals surface area contributed by atoms with Gasteiger partial charge in [0.25, 0.3) is 0 Å². The Morgan fingerprint density at radius 2 is 2.00 bits per heavy atom. The van der Waals surface area contributed by atoms with Crippen LogP contribution in [-0.4, -0.2) is 5.11 Å². The third-order valence-corrected chi connectivity index (χ3v) is 1.77. The molecular formula is C12H11FO. The fourth-order valence-electron chi connectivity index (χ4n) is 1.15. The van der Waals surface area contributed by atoms with Crippen LogP contribution in [0.15, 0.2) is 55.4 Å². The summed E-state index contributed by atoms with van der Waals surface area (Å²) in [6.45, 7) is 6.67. The molecule has 1 nitrogen and oxygen atoms in total. The minimum absolute atomic E-state index is 0.0272. The molecule has 1 aromatic carbocycles. The first-order chi connectivity index (χ1) is 6.66. The monoisotopic (exact) mass is 190 g/mol. The minimum atomic E-state index is -0.591. The predicted octanol–water partition coefficient (Wildman–Crippen LogP) is 3.44. The van der Waals surface area contributed by atoms with Crippen LogP contribution in [0.4, 0.5) is 4.39 Å². The van der Waals surface area contributed by atoms with Gasteiger partial charge in [-0.05, 0) is 6.07 Å². The first-order valence-electron chi connectivity index (χ1n) is 4.12. The first-order valence-corrected chi connectivity index (χ1v) is 4.12. The van der Waals surface area contributed by atoms with Crippen LogP contribution >= 0.6 is 0 Å². The molecule has 0 aromatic heterocycles. The molecule has 2 heteroatoms. The first kappa shape index (κ1) is 10.3. The van der Waals surface area contributed by atoms with Crippen molar-refractivity contribution in [2.75, 3.05) is 0 Å². The van der Waals surface area contributed by atoms with E-state index >= 15 is 0 Å². The van der Waals surface area contributed by atoms with Crippen LogP contribution in [0, 0.1) is 0 Å². The Morgan fingerprint density at radius 1 is 1.36 bits per heavy atom. The van der Waals surface area contributed by atoms with Gasteiger partial charge in [-0.15, -0.1) is 0 Å². The Labute approximate surface area is 82.5 Å². The highest BCUT2D eigenvalue weighted by Gasteiger charge is 2.08. The lowest BCUT2D eigenvalue weighted by Gasteiger charge is -2.05. The fourth-order valence-corrected chi connectivity index (χ4v) is 1.15. The maximum Gasteiger partial charge on any atom is 0.124 e. The molecule has 0 radical (unpaired) electrons. The number of hydrogen-bond acceptors (Lipinski definition) is 1. The molecule has 0 aliphatic heterocycles. The Kier molecular flexibility index (Phi) is 3.24. The summed E-state index contributed by atoms with van der Waals surface area (Å²) in [7, 11) is 0. The Bertz CT molecular complexity index is 391. The van der Waals surface area contributed by atoms with Gasteiger partial charge in [-0.2, -0.15) is 0 Å². The second-order valence-electron chi connectivity index (χ2n) is 2.74. The largest absolute Gasteiger partial charge is 0.507 e. The molecule has 1 rings (SSSR count). The van der Waals surface area contributed by atoms with Gasteiger partial charge in [-0.25, -0.2) is 4.39 Å². The number of para-hydroxylation sites is 1. The summed E-state index contributed by atoms with van der Waals surface area (Å²) in [4.78, 5) is 0. The normalized spacial score (nSPS) is 11.1. The van der Waals surface area contributed by atoms with Crippen LogP contribution < -0.4 is 0 Å². The summed E-state index contributed by atoms with van der Waals surface area (Å²) in [5.74, 6) is -0.564. The van der Waals surface area contributed by atoms with E-state index in [4.69, 9.17) is 0 Å². The van der Waals surface area contributed by atoms with Crippen molar-refractivity contribution >= 4 is 5.57 Å². The average Bonchev–Trinajstić information content (AvgIpc) is 2.15. The van der Waals surface area contributed by atoms with E-state index in [1.54, 1.807) is 18.2 Å². The molecule has 1 aromatic rings. The Morgan fingerprint density at radius 3 is 2.50 bits per heavy atom. The summed E-state index contributed by atoms with van der Waals surface area (Å²) >= 11 is 0. The van der Waals surface area contributed by atoms with Crippen LogP contribution in [0.5, 0.6) is 5.75 Å². The molecule has 72 valence electrons. The number of aromatic hydroxyl groups is 1. The van der Waals surface area contributed by atoms with Crippen molar-refractivity contribution in [1.82, 2.24) is 0 Å². The van der Waals surface area contributed by atoms with Crippen molar-refractivity contribution in [3.63, 3.8) is 0 Å². The van der Waals surface area contributed by atoms with Gasteiger partial charge in [0.15, 0.2) is 0 Å². The third kappa shape index (κ3) is 2.10. The van der Waals surface area contributed by atoms with Gasteiger partial charge in [0.2, 0.25) is 0 Å². The molecule has 0 saturated carbocycles. The van der Waals surface area contributed by atoms with E-state index in [0.29, 0.717) is 5.56 Å². The van der Waals surface area contributed by atoms with Gasteiger partial charge < -0.3 is 5.11 Å². The number of phenols is 1. The Balaban J connectivity index is 3.26. The molecule has 0 aliphatic carbocycles. The minimum Gasteiger partial charge on any atom is -0.507 e. The van der Waals surface area contributed by atoms with E-state index in [2.05, 4.69) is 13.2 Å².